The SMILES string of the molecule is CC(C)CN1C(=O)c2ccccc2[C@@H](C(=O)NC2CCC(O)CC2)[C@H]1c1cccs1. The van der Waals surface area contributed by atoms with Gasteiger partial charge in [0, 0.05) is 23.0 Å². The first kappa shape index (κ1) is 21.1. The lowest BCUT2D eigenvalue weighted by molar-refractivity contribution is -0.125. The van der Waals surface area contributed by atoms with Gasteiger partial charge >= 0.3 is 0 Å². The number of fused-ring (bicyclic) bond motifs is 1. The highest BCUT2D eigenvalue weighted by Gasteiger charge is 2.45. The summed E-state index contributed by atoms with van der Waals surface area (Å²) in [5.41, 5.74) is 1.44. The van der Waals surface area contributed by atoms with Crippen LogP contribution in [0.15, 0.2) is 41.8 Å². The van der Waals surface area contributed by atoms with Crippen LogP contribution in [0.2, 0.25) is 0 Å². The van der Waals surface area contributed by atoms with E-state index in [0.717, 1.165) is 36.1 Å². The van der Waals surface area contributed by atoms with E-state index in [1.807, 2.05) is 46.7 Å². The first-order valence-corrected chi connectivity index (χ1v) is 11.8. The molecule has 30 heavy (non-hydrogen) atoms. The molecule has 2 atom stereocenters. The maximum Gasteiger partial charge on any atom is 0.254 e. The van der Waals surface area contributed by atoms with Crippen LogP contribution in [0.1, 0.15) is 72.3 Å². The maximum atomic E-state index is 13.6. The number of aliphatic hydroxyl groups excluding tert-OH is 1. The molecule has 2 heterocycles. The van der Waals surface area contributed by atoms with E-state index >= 15 is 0 Å². The third-order valence-electron chi connectivity index (χ3n) is 6.16. The molecule has 2 aromatic rings. The molecule has 2 amide bonds. The molecule has 5 nitrogen and oxygen atoms in total. The molecule has 160 valence electrons. The molecule has 1 aliphatic heterocycles. The normalized spacial score (nSPS) is 26.5. The van der Waals surface area contributed by atoms with E-state index in [4.69, 9.17) is 0 Å². The Morgan fingerprint density at radius 3 is 2.57 bits per heavy atom. The molecule has 6 heteroatoms. The zero-order valence-electron chi connectivity index (χ0n) is 17.6. The summed E-state index contributed by atoms with van der Waals surface area (Å²) in [6.07, 6.45) is 2.77. The number of rotatable bonds is 5. The second-order valence-corrected chi connectivity index (χ2v) is 9.87. The fraction of sp³-hybridized carbons (Fsp3) is 0.500. The first-order valence-electron chi connectivity index (χ1n) is 10.9. The lowest BCUT2D eigenvalue weighted by atomic mass is 9.80. The summed E-state index contributed by atoms with van der Waals surface area (Å²) in [7, 11) is 0. The van der Waals surface area contributed by atoms with E-state index in [2.05, 4.69) is 19.2 Å². The Balaban J connectivity index is 1.73. The number of thiophene rings is 1. The van der Waals surface area contributed by atoms with Gasteiger partial charge < -0.3 is 15.3 Å². The Bertz CT molecular complexity index is 888. The smallest absolute Gasteiger partial charge is 0.254 e. The third-order valence-corrected chi connectivity index (χ3v) is 7.10. The summed E-state index contributed by atoms with van der Waals surface area (Å²) in [5, 5.41) is 15.1. The fourth-order valence-electron chi connectivity index (χ4n) is 4.76. The van der Waals surface area contributed by atoms with Crippen LogP contribution in [0.25, 0.3) is 0 Å². The molecule has 0 bridgehead atoms. The molecule has 0 radical (unpaired) electrons. The molecule has 4 rings (SSSR count). The topological polar surface area (TPSA) is 69.6 Å². The molecule has 2 aliphatic rings. The van der Waals surface area contributed by atoms with Crippen molar-refractivity contribution < 1.29 is 14.7 Å². The summed E-state index contributed by atoms with van der Waals surface area (Å²) in [6, 6.07) is 11.3. The fourth-order valence-corrected chi connectivity index (χ4v) is 5.63. The van der Waals surface area contributed by atoms with Crippen molar-refractivity contribution in [1.29, 1.82) is 0 Å². The summed E-state index contributed by atoms with van der Waals surface area (Å²) in [5.74, 6) is -0.167. The predicted octanol–water partition coefficient (Wildman–Crippen LogP) is 4.10. The van der Waals surface area contributed by atoms with Gasteiger partial charge in [-0.2, -0.15) is 0 Å². The van der Waals surface area contributed by atoms with Crippen molar-refractivity contribution in [3.8, 4) is 0 Å². The van der Waals surface area contributed by atoms with E-state index in [1.54, 1.807) is 11.3 Å². The molecule has 1 aliphatic carbocycles. The molecule has 0 saturated heterocycles. The summed E-state index contributed by atoms with van der Waals surface area (Å²) in [6.45, 7) is 4.80. The number of carbonyl (C=O) groups is 2. The van der Waals surface area contributed by atoms with Crippen LogP contribution in [-0.4, -0.2) is 40.5 Å². The summed E-state index contributed by atoms with van der Waals surface area (Å²) < 4.78 is 0. The molecular formula is C24H30N2O3S. The monoisotopic (exact) mass is 426 g/mol. The zero-order valence-corrected chi connectivity index (χ0v) is 18.4. The standard InChI is InChI=1S/C24H30N2O3S/c1-15(2)14-26-22(20-8-5-13-30-20)21(18-6-3-4-7-19(18)24(26)29)23(28)25-16-9-11-17(27)12-10-16/h3-8,13,15-17,21-22,27H,9-12,14H2,1-2H3,(H,25,28)/t16?,17?,21-,22-/m1/s1. The predicted molar refractivity (Wildman–Crippen MR) is 119 cm³/mol. The van der Waals surface area contributed by atoms with Gasteiger partial charge in [0.25, 0.3) is 5.91 Å². The van der Waals surface area contributed by atoms with Crippen LogP contribution >= 0.6 is 11.3 Å². The van der Waals surface area contributed by atoms with Crippen LogP contribution in [0.5, 0.6) is 0 Å². The van der Waals surface area contributed by atoms with Crippen LogP contribution in [0.3, 0.4) is 0 Å². The Kier molecular flexibility index (Phi) is 6.25. The van der Waals surface area contributed by atoms with Crippen molar-refractivity contribution in [1.82, 2.24) is 10.2 Å². The number of amides is 2. The van der Waals surface area contributed by atoms with Crippen molar-refractivity contribution in [2.75, 3.05) is 6.54 Å². The van der Waals surface area contributed by atoms with Gasteiger partial charge in [0.15, 0.2) is 0 Å². The average molecular weight is 427 g/mol. The van der Waals surface area contributed by atoms with Gasteiger partial charge in [-0.15, -0.1) is 11.3 Å². The Hall–Kier alpha value is -2.18. The van der Waals surface area contributed by atoms with Crippen molar-refractivity contribution >= 4 is 23.2 Å². The molecule has 1 saturated carbocycles. The number of hydrogen-bond donors (Lipinski definition) is 2. The lowest BCUT2D eigenvalue weighted by Gasteiger charge is -2.42. The highest BCUT2D eigenvalue weighted by molar-refractivity contribution is 7.10. The molecule has 1 aromatic carbocycles. The average Bonchev–Trinajstić information content (AvgIpc) is 3.25. The molecule has 0 unspecified atom stereocenters. The van der Waals surface area contributed by atoms with Gasteiger partial charge in [0.2, 0.25) is 5.91 Å². The molecule has 1 aromatic heterocycles. The number of nitrogens with one attached hydrogen (secondary N) is 1. The second-order valence-electron chi connectivity index (χ2n) is 8.89. The summed E-state index contributed by atoms with van der Waals surface area (Å²) >= 11 is 1.60. The zero-order chi connectivity index (χ0) is 21.3. The lowest BCUT2D eigenvalue weighted by Crippen LogP contribution is -2.50. The van der Waals surface area contributed by atoms with E-state index in [9.17, 15) is 14.7 Å². The quantitative estimate of drug-likeness (QED) is 0.756. The van der Waals surface area contributed by atoms with Crippen molar-refractivity contribution in [2.24, 2.45) is 5.92 Å². The van der Waals surface area contributed by atoms with Crippen LogP contribution in [-0.2, 0) is 4.79 Å². The second kappa shape index (κ2) is 8.90. The Labute approximate surface area is 182 Å². The highest BCUT2D eigenvalue weighted by Crippen LogP contribution is 2.44. The number of carbonyl (C=O) groups excluding carboxylic acids is 2. The first-order chi connectivity index (χ1) is 14.5. The van der Waals surface area contributed by atoms with Gasteiger partial charge in [-0.25, -0.2) is 0 Å². The largest absolute Gasteiger partial charge is 0.393 e. The van der Waals surface area contributed by atoms with E-state index in [1.165, 1.54) is 0 Å². The van der Waals surface area contributed by atoms with Gasteiger partial charge in [0.1, 0.15) is 0 Å². The minimum atomic E-state index is -0.442. The minimum absolute atomic E-state index is 0.00235. The summed E-state index contributed by atoms with van der Waals surface area (Å²) in [4.78, 5) is 30.0. The van der Waals surface area contributed by atoms with Gasteiger partial charge in [-0.1, -0.05) is 38.1 Å². The van der Waals surface area contributed by atoms with Crippen LogP contribution in [0.4, 0.5) is 0 Å². The molecule has 0 spiro atoms. The number of aliphatic hydroxyl groups is 1. The molecule has 1 fully saturated rings. The number of benzene rings is 1. The van der Waals surface area contributed by atoms with Crippen LogP contribution in [0, 0.1) is 5.92 Å². The highest BCUT2D eigenvalue weighted by atomic mass is 32.1. The van der Waals surface area contributed by atoms with Crippen molar-refractivity contribution in [2.45, 2.75) is 63.6 Å². The van der Waals surface area contributed by atoms with Gasteiger partial charge in [0.05, 0.1) is 18.1 Å². The van der Waals surface area contributed by atoms with Gasteiger partial charge in [-0.3, -0.25) is 9.59 Å². The molecule has 2 N–H and O–H groups in total. The Morgan fingerprint density at radius 2 is 1.90 bits per heavy atom. The third kappa shape index (κ3) is 4.16. The van der Waals surface area contributed by atoms with Crippen molar-refractivity contribution in [3.63, 3.8) is 0 Å². The van der Waals surface area contributed by atoms with Crippen LogP contribution < -0.4 is 5.32 Å². The van der Waals surface area contributed by atoms with E-state index < -0.39 is 5.92 Å². The van der Waals surface area contributed by atoms with E-state index in [-0.39, 0.29) is 30.0 Å². The minimum Gasteiger partial charge on any atom is -0.393 e. The maximum absolute atomic E-state index is 13.6. The number of hydrogen-bond acceptors (Lipinski definition) is 4. The molecular weight excluding hydrogens is 396 g/mol. The van der Waals surface area contributed by atoms with Crippen molar-refractivity contribution in [3.05, 3.63) is 57.8 Å². The van der Waals surface area contributed by atoms with Gasteiger partial charge in [-0.05, 0) is 54.7 Å². The Morgan fingerprint density at radius 1 is 1.17 bits per heavy atom. The van der Waals surface area contributed by atoms with E-state index in [0.29, 0.717) is 18.0 Å². The number of nitrogens with zero attached hydrogens (tertiary/aromatic N) is 1.